The second-order valence-corrected chi connectivity index (χ2v) is 5.14. The molecule has 98 valence electrons. The summed E-state index contributed by atoms with van der Waals surface area (Å²) in [7, 11) is 1.96. The first-order valence-electron chi connectivity index (χ1n) is 6.64. The van der Waals surface area contributed by atoms with E-state index in [4.69, 9.17) is 0 Å². The van der Waals surface area contributed by atoms with Crippen molar-refractivity contribution in [1.29, 1.82) is 0 Å². The van der Waals surface area contributed by atoms with Crippen LogP contribution in [0.3, 0.4) is 0 Å². The molecule has 1 fully saturated rings. The van der Waals surface area contributed by atoms with E-state index in [1.54, 1.807) is 0 Å². The zero-order valence-corrected chi connectivity index (χ0v) is 11.5. The van der Waals surface area contributed by atoms with E-state index in [1.807, 2.05) is 11.9 Å². The van der Waals surface area contributed by atoms with Crippen LogP contribution in [0.15, 0.2) is 18.2 Å². The molecule has 3 nitrogen and oxygen atoms in total. The highest BCUT2D eigenvalue weighted by Gasteiger charge is 2.24. The third kappa shape index (κ3) is 2.72. The fourth-order valence-corrected chi connectivity index (χ4v) is 2.68. The van der Waals surface area contributed by atoms with E-state index >= 15 is 0 Å². The van der Waals surface area contributed by atoms with Gasteiger partial charge in [0.05, 0.1) is 0 Å². The van der Waals surface area contributed by atoms with Crippen molar-refractivity contribution in [3.8, 4) is 0 Å². The number of benzene rings is 1. The molecule has 0 saturated carbocycles. The highest BCUT2D eigenvalue weighted by Crippen LogP contribution is 2.22. The van der Waals surface area contributed by atoms with E-state index in [0.717, 1.165) is 19.5 Å². The molecule has 0 radical (unpaired) electrons. The van der Waals surface area contributed by atoms with Gasteiger partial charge in [-0.2, -0.15) is 0 Å². The van der Waals surface area contributed by atoms with Gasteiger partial charge in [-0.15, -0.1) is 0 Å². The van der Waals surface area contributed by atoms with Crippen LogP contribution >= 0.6 is 0 Å². The van der Waals surface area contributed by atoms with Gasteiger partial charge in [0.2, 0.25) is 5.91 Å². The van der Waals surface area contributed by atoms with E-state index in [0.29, 0.717) is 12.3 Å². The number of carbonyl (C=O) groups is 1. The molecular formula is C15H22N2O. The third-order valence-electron chi connectivity index (χ3n) is 3.72. The van der Waals surface area contributed by atoms with Crippen LogP contribution in [0.25, 0.3) is 0 Å². The summed E-state index contributed by atoms with van der Waals surface area (Å²) in [6.45, 7) is 5.93. The summed E-state index contributed by atoms with van der Waals surface area (Å²) >= 11 is 0. The van der Waals surface area contributed by atoms with Gasteiger partial charge >= 0.3 is 0 Å². The van der Waals surface area contributed by atoms with Crippen molar-refractivity contribution in [2.45, 2.75) is 32.7 Å². The average Bonchev–Trinajstić information content (AvgIpc) is 2.73. The molecule has 0 bridgehead atoms. The van der Waals surface area contributed by atoms with Gasteiger partial charge in [-0.05, 0) is 38.4 Å². The molecule has 1 atom stereocenters. The predicted molar refractivity (Wildman–Crippen MR) is 73.5 cm³/mol. The van der Waals surface area contributed by atoms with Crippen LogP contribution in [0.5, 0.6) is 0 Å². The Balaban J connectivity index is 2.15. The van der Waals surface area contributed by atoms with Crippen molar-refractivity contribution in [1.82, 2.24) is 10.2 Å². The number of nitrogens with one attached hydrogen (secondary N) is 1. The van der Waals surface area contributed by atoms with Crippen LogP contribution in [0.2, 0.25) is 0 Å². The van der Waals surface area contributed by atoms with Crippen LogP contribution in [0.1, 0.15) is 35.6 Å². The Morgan fingerprint density at radius 2 is 2.17 bits per heavy atom. The van der Waals surface area contributed by atoms with E-state index in [9.17, 15) is 4.79 Å². The molecular weight excluding hydrogens is 224 g/mol. The Hall–Kier alpha value is -1.35. The zero-order chi connectivity index (χ0) is 13.1. The first kappa shape index (κ1) is 13.1. The molecule has 3 heteroatoms. The minimum Gasteiger partial charge on any atom is -0.341 e. The Bertz CT molecular complexity index is 442. The zero-order valence-electron chi connectivity index (χ0n) is 11.5. The molecule has 1 aliphatic rings. The number of hydrogen-bond donors (Lipinski definition) is 1. The summed E-state index contributed by atoms with van der Waals surface area (Å²) in [6.07, 6.45) is 1.71. The van der Waals surface area contributed by atoms with Crippen molar-refractivity contribution < 1.29 is 4.79 Å². The standard InChI is InChI=1S/C15H22N2O/c1-11-6-7-13(12(2)9-11)14(16-3)10-17-8-4-5-15(17)18/h6-7,9,14,16H,4-5,8,10H2,1-3H3. The quantitative estimate of drug-likeness (QED) is 0.883. The Morgan fingerprint density at radius 1 is 1.39 bits per heavy atom. The number of nitrogens with zero attached hydrogens (tertiary/aromatic N) is 1. The molecule has 0 aromatic heterocycles. The second kappa shape index (κ2) is 5.53. The summed E-state index contributed by atoms with van der Waals surface area (Å²) in [5.41, 5.74) is 3.87. The van der Waals surface area contributed by atoms with Crippen molar-refractivity contribution in [2.75, 3.05) is 20.1 Å². The Kier molecular flexibility index (Phi) is 4.02. The number of hydrogen-bond acceptors (Lipinski definition) is 2. The highest BCUT2D eigenvalue weighted by atomic mass is 16.2. The molecule has 1 aromatic rings. The van der Waals surface area contributed by atoms with Crippen LogP contribution in [-0.4, -0.2) is 30.9 Å². The fourth-order valence-electron chi connectivity index (χ4n) is 2.68. The lowest BCUT2D eigenvalue weighted by molar-refractivity contribution is -0.128. The fraction of sp³-hybridized carbons (Fsp3) is 0.533. The van der Waals surface area contributed by atoms with Gasteiger partial charge in [-0.3, -0.25) is 4.79 Å². The number of likely N-dealkylation sites (tertiary alicyclic amines) is 1. The number of carbonyl (C=O) groups excluding carboxylic acids is 1. The largest absolute Gasteiger partial charge is 0.341 e. The van der Waals surface area contributed by atoms with Gasteiger partial charge < -0.3 is 10.2 Å². The predicted octanol–water partition coefficient (Wildman–Crippen LogP) is 2.19. The summed E-state index contributed by atoms with van der Waals surface area (Å²) in [5.74, 6) is 0.292. The van der Waals surface area contributed by atoms with Crippen LogP contribution < -0.4 is 5.32 Å². The van der Waals surface area contributed by atoms with Gasteiger partial charge in [-0.1, -0.05) is 23.8 Å². The molecule has 0 spiro atoms. The smallest absolute Gasteiger partial charge is 0.222 e. The maximum absolute atomic E-state index is 11.7. The van der Waals surface area contributed by atoms with E-state index in [-0.39, 0.29) is 6.04 Å². The molecule has 1 aliphatic heterocycles. The van der Waals surface area contributed by atoms with Gasteiger partial charge in [0.25, 0.3) is 0 Å². The van der Waals surface area contributed by atoms with Gasteiger partial charge in [0, 0.05) is 25.6 Å². The van der Waals surface area contributed by atoms with Crippen LogP contribution in [-0.2, 0) is 4.79 Å². The first-order valence-corrected chi connectivity index (χ1v) is 6.64. The lowest BCUT2D eigenvalue weighted by atomic mass is 9.99. The van der Waals surface area contributed by atoms with Gasteiger partial charge in [0.1, 0.15) is 0 Å². The van der Waals surface area contributed by atoms with Gasteiger partial charge in [-0.25, -0.2) is 0 Å². The molecule has 1 amide bonds. The molecule has 18 heavy (non-hydrogen) atoms. The highest BCUT2D eigenvalue weighted by molar-refractivity contribution is 5.78. The monoisotopic (exact) mass is 246 g/mol. The number of likely N-dealkylation sites (N-methyl/N-ethyl adjacent to an activating group) is 1. The maximum atomic E-state index is 11.7. The third-order valence-corrected chi connectivity index (χ3v) is 3.72. The Labute approximate surface area is 109 Å². The summed E-state index contributed by atoms with van der Waals surface area (Å²) in [4.78, 5) is 13.7. The molecule has 1 saturated heterocycles. The minimum absolute atomic E-state index is 0.229. The number of rotatable bonds is 4. The molecule has 1 heterocycles. The lowest BCUT2D eigenvalue weighted by Crippen LogP contribution is -2.34. The van der Waals surface area contributed by atoms with Crippen LogP contribution in [0.4, 0.5) is 0 Å². The van der Waals surface area contributed by atoms with Crippen molar-refractivity contribution in [2.24, 2.45) is 0 Å². The first-order chi connectivity index (χ1) is 8.61. The van der Waals surface area contributed by atoms with E-state index in [2.05, 4.69) is 37.4 Å². The summed E-state index contributed by atoms with van der Waals surface area (Å²) in [5, 5.41) is 3.33. The van der Waals surface area contributed by atoms with E-state index < -0.39 is 0 Å². The molecule has 1 aromatic carbocycles. The number of amides is 1. The van der Waals surface area contributed by atoms with Gasteiger partial charge in [0.15, 0.2) is 0 Å². The molecule has 0 aliphatic carbocycles. The number of aryl methyl sites for hydroxylation is 2. The maximum Gasteiger partial charge on any atom is 0.222 e. The van der Waals surface area contributed by atoms with Crippen LogP contribution in [0, 0.1) is 13.8 Å². The average molecular weight is 246 g/mol. The molecule has 1 N–H and O–H groups in total. The van der Waals surface area contributed by atoms with Crippen molar-refractivity contribution in [3.05, 3.63) is 34.9 Å². The van der Waals surface area contributed by atoms with E-state index in [1.165, 1.54) is 16.7 Å². The topological polar surface area (TPSA) is 32.3 Å². The summed E-state index contributed by atoms with van der Waals surface area (Å²) in [6, 6.07) is 6.74. The normalized spacial score (nSPS) is 17.3. The minimum atomic E-state index is 0.229. The molecule has 1 unspecified atom stereocenters. The molecule has 2 rings (SSSR count). The second-order valence-electron chi connectivity index (χ2n) is 5.14. The van der Waals surface area contributed by atoms with Crippen molar-refractivity contribution in [3.63, 3.8) is 0 Å². The Morgan fingerprint density at radius 3 is 2.72 bits per heavy atom. The summed E-state index contributed by atoms with van der Waals surface area (Å²) < 4.78 is 0. The lowest BCUT2D eigenvalue weighted by Gasteiger charge is -2.25. The van der Waals surface area contributed by atoms with Crippen molar-refractivity contribution >= 4 is 5.91 Å². The SMILES string of the molecule is CNC(CN1CCCC1=O)c1ccc(C)cc1C.